The molecule has 3 N–H and O–H groups in total. The third-order valence-electron chi connectivity index (χ3n) is 3.97. The van der Waals surface area contributed by atoms with Crippen LogP contribution in [-0.4, -0.2) is 56.1 Å². The van der Waals surface area contributed by atoms with E-state index in [-0.39, 0.29) is 12.6 Å². The van der Waals surface area contributed by atoms with Crippen LogP contribution in [-0.2, 0) is 14.3 Å². The standard InChI is InChI=1S/C12H20N2O5/c1-18-12(4-5-19-8-12)7-14-10(17)13-6-11(2-3-11)9(15)16/h2-8H2,1H3,(H,15,16)(H2,13,14,17). The van der Waals surface area contributed by atoms with E-state index in [1.54, 1.807) is 7.11 Å². The van der Waals surface area contributed by atoms with E-state index in [2.05, 4.69) is 10.6 Å². The number of carboxylic acids is 1. The van der Waals surface area contributed by atoms with Crippen LogP contribution in [0.2, 0.25) is 0 Å². The topological polar surface area (TPSA) is 96.9 Å². The van der Waals surface area contributed by atoms with Gasteiger partial charge in [0.1, 0.15) is 5.60 Å². The highest BCUT2D eigenvalue weighted by atomic mass is 16.5. The summed E-state index contributed by atoms with van der Waals surface area (Å²) in [6, 6.07) is -0.365. The Balaban J connectivity index is 1.71. The van der Waals surface area contributed by atoms with Crippen molar-refractivity contribution in [3.05, 3.63) is 0 Å². The predicted molar refractivity (Wildman–Crippen MR) is 65.9 cm³/mol. The molecule has 0 bridgehead atoms. The minimum Gasteiger partial charge on any atom is -0.481 e. The highest BCUT2D eigenvalue weighted by Gasteiger charge is 2.50. The van der Waals surface area contributed by atoms with Crippen LogP contribution < -0.4 is 10.6 Å². The van der Waals surface area contributed by atoms with Crippen LogP contribution in [0.3, 0.4) is 0 Å². The maximum absolute atomic E-state index is 11.6. The second kappa shape index (κ2) is 5.34. The number of hydrogen-bond donors (Lipinski definition) is 3. The maximum atomic E-state index is 11.6. The summed E-state index contributed by atoms with van der Waals surface area (Å²) < 4.78 is 10.6. The van der Waals surface area contributed by atoms with Gasteiger partial charge in [0.15, 0.2) is 0 Å². The van der Waals surface area contributed by atoms with Gasteiger partial charge in [0.2, 0.25) is 0 Å². The lowest BCUT2D eigenvalue weighted by atomic mass is 10.0. The molecule has 1 atom stereocenters. The molecule has 2 amide bonds. The number of carboxylic acid groups (broad SMARTS) is 1. The summed E-state index contributed by atoms with van der Waals surface area (Å²) in [5.41, 5.74) is -1.20. The summed E-state index contributed by atoms with van der Waals surface area (Å²) in [4.78, 5) is 22.6. The molecule has 0 aromatic carbocycles. The maximum Gasteiger partial charge on any atom is 0.314 e. The number of carbonyl (C=O) groups excluding carboxylic acids is 1. The van der Waals surface area contributed by atoms with Crippen LogP contribution >= 0.6 is 0 Å². The highest BCUT2D eigenvalue weighted by molar-refractivity contribution is 5.80. The van der Waals surface area contributed by atoms with E-state index in [1.165, 1.54) is 0 Å². The fraction of sp³-hybridized carbons (Fsp3) is 0.833. The number of rotatable bonds is 6. The second-order valence-electron chi connectivity index (χ2n) is 5.31. The van der Waals surface area contributed by atoms with Crippen LogP contribution in [0, 0.1) is 5.41 Å². The second-order valence-corrected chi connectivity index (χ2v) is 5.31. The Morgan fingerprint density at radius 2 is 1.95 bits per heavy atom. The molecule has 1 saturated heterocycles. The van der Waals surface area contributed by atoms with Gasteiger partial charge >= 0.3 is 12.0 Å². The van der Waals surface area contributed by atoms with Crippen molar-refractivity contribution >= 4 is 12.0 Å². The van der Waals surface area contributed by atoms with Crippen molar-refractivity contribution < 1.29 is 24.2 Å². The van der Waals surface area contributed by atoms with E-state index in [0.29, 0.717) is 32.6 Å². The number of aliphatic carboxylic acids is 1. The molecule has 2 rings (SSSR count). The highest BCUT2D eigenvalue weighted by Crippen LogP contribution is 2.45. The molecular formula is C12H20N2O5. The van der Waals surface area contributed by atoms with E-state index >= 15 is 0 Å². The molecule has 0 aromatic heterocycles. The number of carbonyl (C=O) groups is 2. The van der Waals surface area contributed by atoms with E-state index in [0.717, 1.165) is 6.42 Å². The lowest BCUT2D eigenvalue weighted by Crippen LogP contribution is -2.49. The molecule has 1 saturated carbocycles. The van der Waals surface area contributed by atoms with Gasteiger partial charge in [-0.05, 0) is 12.8 Å². The van der Waals surface area contributed by atoms with Gasteiger partial charge in [-0.15, -0.1) is 0 Å². The Bertz CT molecular complexity index is 361. The molecule has 0 aromatic rings. The quantitative estimate of drug-likeness (QED) is 0.630. The van der Waals surface area contributed by atoms with E-state index < -0.39 is 17.0 Å². The summed E-state index contributed by atoms with van der Waals surface area (Å²) >= 11 is 0. The molecule has 0 radical (unpaired) electrons. The number of ether oxygens (including phenoxy) is 2. The summed E-state index contributed by atoms with van der Waals surface area (Å²) in [5, 5.41) is 14.3. The van der Waals surface area contributed by atoms with Crippen LogP contribution in [0.25, 0.3) is 0 Å². The minimum atomic E-state index is -0.842. The first-order valence-corrected chi connectivity index (χ1v) is 6.40. The van der Waals surface area contributed by atoms with Gasteiger partial charge in [-0.3, -0.25) is 4.79 Å². The van der Waals surface area contributed by atoms with Crippen LogP contribution in [0.15, 0.2) is 0 Å². The summed E-state index contributed by atoms with van der Waals surface area (Å²) in [6.07, 6.45) is 1.99. The van der Waals surface area contributed by atoms with Gasteiger partial charge in [0.25, 0.3) is 0 Å². The number of nitrogens with one attached hydrogen (secondary N) is 2. The molecule has 2 aliphatic rings. The largest absolute Gasteiger partial charge is 0.481 e. The van der Waals surface area contributed by atoms with Crippen molar-refractivity contribution in [1.82, 2.24) is 10.6 Å². The van der Waals surface area contributed by atoms with Crippen molar-refractivity contribution in [3.63, 3.8) is 0 Å². The monoisotopic (exact) mass is 272 g/mol. The summed E-state index contributed by atoms with van der Waals surface area (Å²) in [5.74, 6) is -0.842. The fourth-order valence-electron chi connectivity index (χ4n) is 2.13. The van der Waals surface area contributed by atoms with Gasteiger partial charge in [-0.2, -0.15) is 0 Å². The molecule has 19 heavy (non-hydrogen) atoms. The SMILES string of the molecule is COC1(CNC(=O)NCC2(C(=O)O)CC2)CCOC1. The first-order valence-electron chi connectivity index (χ1n) is 6.40. The Kier molecular flexibility index (Phi) is 3.96. The zero-order valence-corrected chi connectivity index (χ0v) is 11.0. The molecule has 108 valence electrons. The first-order chi connectivity index (χ1) is 9.02. The van der Waals surface area contributed by atoms with Gasteiger partial charge in [-0.1, -0.05) is 0 Å². The van der Waals surface area contributed by atoms with Crippen molar-refractivity contribution in [2.45, 2.75) is 24.9 Å². The molecule has 7 heteroatoms. The lowest BCUT2D eigenvalue weighted by molar-refractivity contribution is -0.143. The van der Waals surface area contributed by atoms with E-state index in [4.69, 9.17) is 14.6 Å². The molecule has 1 aliphatic carbocycles. The van der Waals surface area contributed by atoms with Crippen LogP contribution in [0.1, 0.15) is 19.3 Å². The fourth-order valence-corrected chi connectivity index (χ4v) is 2.13. The molecule has 0 spiro atoms. The smallest absolute Gasteiger partial charge is 0.314 e. The Morgan fingerprint density at radius 3 is 2.42 bits per heavy atom. The Hall–Kier alpha value is -1.34. The zero-order valence-electron chi connectivity index (χ0n) is 11.0. The number of urea groups is 1. The van der Waals surface area contributed by atoms with Crippen LogP contribution in [0.4, 0.5) is 4.79 Å². The van der Waals surface area contributed by atoms with E-state index in [1.807, 2.05) is 0 Å². The number of amides is 2. The number of methoxy groups -OCH3 is 1. The van der Waals surface area contributed by atoms with Gasteiger partial charge in [0.05, 0.1) is 18.6 Å². The van der Waals surface area contributed by atoms with Crippen molar-refractivity contribution in [2.75, 3.05) is 33.4 Å². The van der Waals surface area contributed by atoms with Gasteiger partial charge < -0.3 is 25.2 Å². The third kappa shape index (κ3) is 3.16. The number of hydrogen-bond acceptors (Lipinski definition) is 4. The lowest BCUT2D eigenvalue weighted by Gasteiger charge is -2.26. The average molecular weight is 272 g/mol. The molecule has 7 nitrogen and oxygen atoms in total. The van der Waals surface area contributed by atoms with Crippen LogP contribution in [0.5, 0.6) is 0 Å². The Morgan fingerprint density at radius 1 is 1.26 bits per heavy atom. The first kappa shape index (κ1) is 14.1. The average Bonchev–Trinajstić information content (AvgIpc) is 3.06. The van der Waals surface area contributed by atoms with E-state index in [9.17, 15) is 9.59 Å². The van der Waals surface area contributed by atoms with Gasteiger partial charge in [0, 0.05) is 26.7 Å². The summed E-state index contributed by atoms with van der Waals surface area (Å²) in [6.45, 7) is 1.61. The molecule has 1 heterocycles. The molecule has 1 aliphatic heterocycles. The van der Waals surface area contributed by atoms with Crippen molar-refractivity contribution in [3.8, 4) is 0 Å². The minimum absolute atomic E-state index is 0.171. The zero-order chi connectivity index (χ0) is 13.9. The molecular weight excluding hydrogens is 252 g/mol. The summed E-state index contributed by atoms with van der Waals surface area (Å²) in [7, 11) is 1.60. The van der Waals surface area contributed by atoms with Crippen molar-refractivity contribution in [2.24, 2.45) is 5.41 Å². The Labute approximate surface area is 111 Å². The molecule has 1 unspecified atom stereocenters. The van der Waals surface area contributed by atoms with Crippen molar-refractivity contribution in [1.29, 1.82) is 0 Å². The van der Waals surface area contributed by atoms with Gasteiger partial charge in [-0.25, -0.2) is 4.79 Å². The third-order valence-corrected chi connectivity index (χ3v) is 3.97. The normalized spacial score (nSPS) is 27.8. The molecule has 2 fully saturated rings. The predicted octanol–water partition coefficient (Wildman–Crippen LogP) is -0.0441.